The standard InChI is InChI=1S/C23H30F3N3S/c1-22(2)19(28-13-6-7-14-28)20(27-17-10-4-3-5-11-17)29(21(22)30)18-12-8-9-16(15-18)23(24,25)26/h8-9,12,15,17,19H,3-7,10-11,13-14H2,1-2H3/t19-/m1/s1. The number of nitrogens with zero attached hydrogens (tertiary/aromatic N) is 3. The molecular formula is C23H30F3N3S. The van der Waals surface area contributed by atoms with Gasteiger partial charge in [-0.2, -0.15) is 13.2 Å². The number of likely N-dealkylation sites (tertiary alicyclic amines) is 1. The van der Waals surface area contributed by atoms with E-state index in [1.54, 1.807) is 6.07 Å². The van der Waals surface area contributed by atoms with Crippen molar-refractivity contribution in [3.05, 3.63) is 29.8 Å². The number of alkyl halides is 3. The predicted octanol–water partition coefficient (Wildman–Crippen LogP) is 6.07. The zero-order valence-electron chi connectivity index (χ0n) is 17.7. The maximum atomic E-state index is 13.4. The van der Waals surface area contributed by atoms with Crippen molar-refractivity contribution >= 4 is 28.7 Å². The number of aliphatic imine (C=N–C) groups is 1. The minimum absolute atomic E-state index is 0.00368. The van der Waals surface area contributed by atoms with Crippen LogP contribution in [0.25, 0.3) is 0 Å². The van der Waals surface area contributed by atoms with Gasteiger partial charge < -0.3 is 0 Å². The summed E-state index contributed by atoms with van der Waals surface area (Å²) in [6, 6.07) is 5.75. The number of hydrogen-bond donors (Lipinski definition) is 0. The van der Waals surface area contributed by atoms with E-state index in [0.717, 1.165) is 63.5 Å². The van der Waals surface area contributed by atoms with Crippen LogP contribution in [0.2, 0.25) is 0 Å². The van der Waals surface area contributed by atoms with Gasteiger partial charge in [0.2, 0.25) is 0 Å². The Labute approximate surface area is 182 Å². The Balaban J connectivity index is 1.80. The molecule has 4 rings (SSSR count). The van der Waals surface area contributed by atoms with Gasteiger partial charge >= 0.3 is 6.18 Å². The highest BCUT2D eigenvalue weighted by Gasteiger charge is 2.52. The molecular weight excluding hydrogens is 407 g/mol. The van der Waals surface area contributed by atoms with Crippen molar-refractivity contribution in [2.24, 2.45) is 10.4 Å². The molecule has 7 heteroatoms. The third-order valence-corrected chi connectivity index (χ3v) is 7.45. The van der Waals surface area contributed by atoms with E-state index in [2.05, 4.69) is 18.7 Å². The molecule has 1 aliphatic carbocycles. The molecule has 3 nitrogen and oxygen atoms in total. The normalized spacial score (nSPS) is 27.4. The highest BCUT2D eigenvalue weighted by Crippen LogP contribution is 2.43. The minimum Gasteiger partial charge on any atom is -0.293 e. The number of anilines is 1. The molecule has 0 spiro atoms. The molecule has 0 aromatic heterocycles. The number of hydrogen-bond acceptors (Lipinski definition) is 3. The molecule has 0 unspecified atom stereocenters. The van der Waals surface area contributed by atoms with Crippen molar-refractivity contribution < 1.29 is 13.2 Å². The maximum Gasteiger partial charge on any atom is 0.416 e. The van der Waals surface area contributed by atoms with Crippen LogP contribution in [0.1, 0.15) is 64.4 Å². The van der Waals surface area contributed by atoms with Crippen molar-refractivity contribution in [2.75, 3.05) is 18.0 Å². The molecule has 0 N–H and O–H groups in total. The SMILES string of the molecule is CC1(C)C(=S)N(c2cccc(C(F)(F)F)c2)C(=NC2CCCCC2)[C@H]1N1CCCC1. The lowest BCUT2D eigenvalue weighted by Gasteiger charge is -2.33. The van der Waals surface area contributed by atoms with Crippen molar-refractivity contribution in [3.63, 3.8) is 0 Å². The molecule has 1 aromatic carbocycles. The summed E-state index contributed by atoms with van der Waals surface area (Å²) < 4.78 is 40.2. The molecule has 2 aliphatic heterocycles. The van der Waals surface area contributed by atoms with Crippen LogP contribution in [0.4, 0.5) is 18.9 Å². The quantitative estimate of drug-likeness (QED) is 0.535. The molecule has 2 heterocycles. The van der Waals surface area contributed by atoms with Crippen LogP contribution >= 0.6 is 12.2 Å². The predicted molar refractivity (Wildman–Crippen MR) is 119 cm³/mol. The molecule has 164 valence electrons. The van der Waals surface area contributed by atoms with E-state index >= 15 is 0 Å². The summed E-state index contributed by atoms with van der Waals surface area (Å²) in [6.45, 7) is 6.19. The Bertz CT molecular complexity index is 821. The van der Waals surface area contributed by atoms with Gasteiger partial charge in [0, 0.05) is 11.1 Å². The molecule has 1 aromatic rings. The Kier molecular flexibility index (Phi) is 5.96. The fourth-order valence-electron chi connectivity index (χ4n) is 5.17. The van der Waals surface area contributed by atoms with Gasteiger partial charge in [-0.3, -0.25) is 14.8 Å². The first-order valence-electron chi connectivity index (χ1n) is 11.0. The van der Waals surface area contributed by atoms with E-state index < -0.39 is 11.7 Å². The van der Waals surface area contributed by atoms with Crippen molar-refractivity contribution in [1.29, 1.82) is 0 Å². The molecule has 3 aliphatic rings. The van der Waals surface area contributed by atoms with Gasteiger partial charge in [-0.25, -0.2) is 0 Å². The highest BCUT2D eigenvalue weighted by atomic mass is 32.1. The van der Waals surface area contributed by atoms with Gasteiger partial charge in [-0.1, -0.05) is 51.4 Å². The Morgan fingerprint density at radius 3 is 2.33 bits per heavy atom. The van der Waals surface area contributed by atoms with E-state index in [9.17, 15) is 13.2 Å². The zero-order valence-corrected chi connectivity index (χ0v) is 18.5. The van der Waals surface area contributed by atoms with Crippen LogP contribution in [-0.2, 0) is 6.18 Å². The van der Waals surface area contributed by atoms with Gasteiger partial charge in [0.05, 0.1) is 22.6 Å². The lowest BCUT2D eigenvalue weighted by molar-refractivity contribution is -0.137. The largest absolute Gasteiger partial charge is 0.416 e. The van der Waals surface area contributed by atoms with Crippen molar-refractivity contribution in [1.82, 2.24) is 4.90 Å². The maximum absolute atomic E-state index is 13.4. The minimum atomic E-state index is -4.39. The molecule has 0 bridgehead atoms. The van der Waals surface area contributed by atoms with Crippen LogP contribution < -0.4 is 4.90 Å². The lowest BCUT2D eigenvalue weighted by atomic mass is 9.86. The molecule has 0 amide bonds. The van der Waals surface area contributed by atoms with Gasteiger partial charge in [-0.15, -0.1) is 0 Å². The second-order valence-corrected chi connectivity index (χ2v) is 9.72. The molecule has 0 radical (unpaired) electrons. The van der Waals surface area contributed by atoms with E-state index in [-0.39, 0.29) is 17.5 Å². The van der Waals surface area contributed by atoms with Gasteiger partial charge in [0.15, 0.2) is 0 Å². The average molecular weight is 438 g/mol. The van der Waals surface area contributed by atoms with Crippen LogP contribution in [0, 0.1) is 5.41 Å². The van der Waals surface area contributed by atoms with E-state index in [1.165, 1.54) is 18.6 Å². The number of amidine groups is 1. The fourth-order valence-corrected chi connectivity index (χ4v) is 5.48. The van der Waals surface area contributed by atoms with Crippen molar-refractivity contribution in [2.45, 2.75) is 77.1 Å². The molecule has 1 saturated carbocycles. The molecule has 30 heavy (non-hydrogen) atoms. The van der Waals surface area contributed by atoms with E-state index in [1.807, 2.05) is 4.90 Å². The topological polar surface area (TPSA) is 18.8 Å². The summed E-state index contributed by atoms with van der Waals surface area (Å²) >= 11 is 5.89. The smallest absolute Gasteiger partial charge is 0.293 e. The van der Waals surface area contributed by atoms with Crippen molar-refractivity contribution in [3.8, 4) is 0 Å². The molecule has 3 fully saturated rings. The van der Waals surface area contributed by atoms with Gasteiger partial charge in [0.1, 0.15) is 5.84 Å². The first kappa shape index (κ1) is 21.8. The second-order valence-electron chi connectivity index (χ2n) is 9.34. The van der Waals surface area contributed by atoms with Gasteiger partial charge in [-0.05, 0) is 57.0 Å². The van der Waals surface area contributed by atoms with Crippen LogP contribution in [0.3, 0.4) is 0 Å². The molecule has 1 atom stereocenters. The fraction of sp³-hybridized carbons (Fsp3) is 0.652. The van der Waals surface area contributed by atoms with E-state index in [0.29, 0.717) is 10.7 Å². The molecule has 2 saturated heterocycles. The van der Waals surface area contributed by atoms with E-state index in [4.69, 9.17) is 17.2 Å². The zero-order chi connectivity index (χ0) is 21.5. The Morgan fingerprint density at radius 2 is 1.70 bits per heavy atom. The Hall–Kier alpha value is -1.47. The van der Waals surface area contributed by atoms with Gasteiger partial charge in [0.25, 0.3) is 0 Å². The first-order chi connectivity index (χ1) is 14.2. The van der Waals surface area contributed by atoms with Crippen LogP contribution in [-0.4, -0.2) is 40.9 Å². The van der Waals surface area contributed by atoms with Crippen LogP contribution in [0.15, 0.2) is 29.3 Å². The number of thiocarbonyl (C=S) groups is 1. The third kappa shape index (κ3) is 4.03. The monoisotopic (exact) mass is 437 g/mol. The number of halogens is 3. The number of rotatable bonds is 3. The lowest BCUT2D eigenvalue weighted by Crippen LogP contribution is -2.46. The highest BCUT2D eigenvalue weighted by molar-refractivity contribution is 7.80. The summed E-state index contributed by atoms with van der Waals surface area (Å²) in [7, 11) is 0. The summed E-state index contributed by atoms with van der Waals surface area (Å²) in [5.74, 6) is 0.845. The third-order valence-electron chi connectivity index (χ3n) is 6.74. The summed E-state index contributed by atoms with van der Waals surface area (Å²) in [5.41, 5.74) is -0.553. The summed E-state index contributed by atoms with van der Waals surface area (Å²) in [4.78, 5) is 10.1. The number of benzene rings is 1. The van der Waals surface area contributed by atoms with Crippen LogP contribution in [0.5, 0.6) is 0 Å². The summed E-state index contributed by atoms with van der Waals surface area (Å²) in [5, 5.41) is 0. The Morgan fingerprint density at radius 1 is 1.03 bits per heavy atom. The average Bonchev–Trinajstić information content (AvgIpc) is 3.28. The second kappa shape index (κ2) is 8.23. The summed E-state index contributed by atoms with van der Waals surface area (Å²) in [6.07, 6.45) is 3.53. The first-order valence-corrected chi connectivity index (χ1v) is 11.4.